The van der Waals surface area contributed by atoms with Crippen LogP contribution in [0.25, 0.3) is 0 Å². The number of likely N-dealkylation sites (tertiary alicyclic amines) is 2. The van der Waals surface area contributed by atoms with Crippen LogP contribution in [-0.2, 0) is 52.8 Å². The molecule has 0 aromatic rings. The van der Waals surface area contributed by atoms with Crippen molar-refractivity contribution >= 4 is 53.3 Å². The molecule has 6 saturated heterocycles. The van der Waals surface area contributed by atoms with Crippen LogP contribution in [0, 0.1) is 10.8 Å². The molecule has 0 aromatic carbocycles. The van der Waals surface area contributed by atoms with E-state index >= 15 is 0 Å². The molecule has 4 unspecified atom stereocenters. The van der Waals surface area contributed by atoms with Crippen molar-refractivity contribution in [1.29, 1.82) is 0 Å². The van der Waals surface area contributed by atoms with Crippen molar-refractivity contribution in [3.63, 3.8) is 0 Å². The Morgan fingerprint density at radius 1 is 0.534 bits per heavy atom. The van der Waals surface area contributed by atoms with Crippen molar-refractivity contribution in [3.8, 4) is 0 Å². The summed E-state index contributed by atoms with van der Waals surface area (Å²) in [4.78, 5) is 133. The smallest absolute Gasteiger partial charge is 0.347 e. The number of piperazine rings is 2. The van der Waals surface area contributed by atoms with Crippen LogP contribution in [0.1, 0.15) is 139 Å². The van der Waals surface area contributed by atoms with Crippen molar-refractivity contribution in [2.24, 2.45) is 10.8 Å². The summed E-state index contributed by atoms with van der Waals surface area (Å²) in [6.07, 6.45) is 8.74. The summed E-state index contributed by atoms with van der Waals surface area (Å²) in [7, 11) is 0. The number of hydroxylamine groups is 4. The minimum Gasteiger partial charge on any atom is -0.355 e. The van der Waals surface area contributed by atoms with Crippen LogP contribution in [0.15, 0.2) is 12.3 Å². The van der Waals surface area contributed by atoms with Crippen LogP contribution in [0.5, 0.6) is 0 Å². The molecule has 73 heavy (non-hydrogen) atoms. The first-order valence-electron chi connectivity index (χ1n) is 26.8. The van der Waals surface area contributed by atoms with Gasteiger partial charge >= 0.3 is 11.9 Å². The highest BCUT2D eigenvalue weighted by molar-refractivity contribution is 6.01. The Balaban J connectivity index is 0.000000271. The van der Waals surface area contributed by atoms with E-state index in [1.54, 1.807) is 4.90 Å². The molecule has 4 atom stereocenters. The van der Waals surface area contributed by atoms with Gasteiger partial charge in [-0.25, -0.2) is 9.59 Å². The van der Waals surface area contributed by atoms with Gasteiger partial charge in [-0.05, 0) is 87.5 Å². The number of carbonyl (C=O) groups excluding carboxylic acids is 9. The highest BCUT2D eigenvalue weighted by Gasteiger charge is 2.38. The van der Waals surface area contributed by atoms with Crippen LogP contribution >= 0.6 is 0 Å². The maximum Gasteiger partial charge on any atom is 0.347 e. The molecule has 410 valence electrons. The number of carbonyl (C=O) groups is 9. The van der Waals surface area contributed by atoms with Gasteiger partial charge in [0.2, 0.25) is 23.6 Å². The van der Waals surface area contributed by atoms with Gasteiger partial charge in [-0.2, -0.15) is 0 Å². The fraction of sp³-hybridized carbons (Fsp3) is 0.788. The standard InChI is InChI=1S/C27H45N5O5.C25H41N5O6/c1-20-7-6-8-21(2)31(20)19-27(4,5)26(36)28-13-11-23(33)30-17-15-29(16-18-30)14-12-25(35)37-32-22(3)9-10-24(32)34;1-18-6-5-7-19(2)29(18)17-25(3,4)24(35)26-11-10-20(31)28-14-12-27(13-15-28)16-23(34)36-30-21(32)8-9-22(30)33/h20-21H,3,6-19H2,1-2,4-5H3,(H,28,36);18-19H,5-17H2,1-4H3,(H,26,35). The lowest BCUT2D eigenvalue weighted by molar-refractivity contribution is -0.198. The molecule has 0 saturated carbocycles. The first kappa shape index (κ1) is 58.9. The number of hydrogen-bond acceptors (Lipinski definition) is 15. The SMILES string of the molecule is C=C1CCC(=O)N1OC(=O)CCN1CCN(C(=O)CCNC(=O)C(C)(C)CN2C(C)CCCC2C)CC1.CC1CCCC(C)N1CC(C)(C)C(=O)NCCC(=O)N1CCN(CC(=O)ON2C(=O)CCC2=O)CC1. The van der Waals surface area contributed by atoms with E-state index < -0.39 is 34.6 Å². The molecular weight excluding hydrogens is 941 g/mol. The lowest BCUT2D eigenvalue weighted by atomic mass is 9.87. The first-order valence-corrected chi connectivity index (χ1v) is 26.8. The predicted octanol–water partition coefficient (Wildman–Crippen LogP) is 2.44. The van der Waals surface area contributed by atoms with E-state index in [9.17, 15) is 43.2 Å². The summed E-state index contributed by atoms with van der Waals surface area (Å²) in [6.45, 7) is 27.4. The van der Waals surface area contributed by atoms with Crippen molar-refractivity contribution < 1.29 is 52.8 Å². The Hall–Kier alpha value is -4.99. The number of nitrogens with zero attached hydrogens (tertiary/aromatic N) is 8. The molecule has 7 amide bonds. The number of imide groups is 1. The zero-order valence-corrected chi connectivity index (χ0v) is 45.2. The topological polar surface area (TPSA) is 222 Å². The van der Waals surface area contributed by atoms with E-state index in [0.717, 1.165) is 17.9 Å². The maximum absolute atomic E-state index is 12.9. The monoisotopic (exact) mass is 1030 g/mol. The number of rotatable bonds is 19. The van der Waals surface area contributed by atoms with Crippen molar-refractivity contribution in [2.45, 2.75) is 163 Å². The van der Waals surface area contributed by atoms with E-state index in [-0.39, 0.29) is 74.7 Å². The van der Waals surface area contributed by atoms with Crippen LogP contribution in [0.3, 0.4) is 0 Å². The Morgan fingerprint density at radius 2 is 0.918 bits per heavy atom. The average Bonchev–Trinajstić information content (AvgIpc) is 3.83. The van der Waals surface area contributed by atoms with Crippen LogP contribution in [0.4, 0.5) is 0 Å². The minimum absolute atomic E-state index is 0.0128. The normalized spacial score (nSPS) is 24.1. The van der Waals surface area contributed by atoms with Gasteiger partial charge < -0.3 is 30.1 Å². The van der Waals surface area contributed by atoms with Gasteiger partial charge in [0.15, 0.2) is 0 Å². The number of hydrogen-bond donors (Lipinski definition) is 2. The lowest BCUT2D eigenvalue weighted by Crippen LogP contribution is -2.52. The summed E-state index contributed by atoms with van der Waals surface area (Å²) >= 11 is 0. The van der Waals surface area contributed by atoms with E-state index in [0.29, 0.717) is 126 Å². The molecule has 6 rings (SSSR count). The molecule has 0 bridgehead atoms. The molecule has 0 aromatic heterocycles. The Bertz CT molecular complexity index is 1950. The number of piperidine rings is 2. The van der Waals surface area contributed by atoms with E-state index in [1.165, 1.54) is 25.7 Å². The fourth-order valence-electron chi connectivity index (χ4n) is 10.5. The predicted molar refractivity (Wildman–Crippen MR) is 271 cm³/mol. The second kappa shape index (κ2) is 27.0. The Labute approximate surface area is 432 Å². The van der Waals surface area contributed by atoms with Gasteiger partial charge in [0.1, 0.15) is 0 Å². The number of allylic oxidation sites excluding steroid dienone is 1. The summed E-state index contributed by atoms with van der Waals surface area (Å²) in [5.74, 6) is -2.45. The highest BCUT2D eigenvalue weighted by Crippen LogP contribution is 2.29. The van der Waals surface area contributed by atoms with Gasteiger partial charge in [0.05, 0.1) is 29.5 Å². The molecule has 6 aliphatic heterocycles. The van der Waals surface area contributed by atoms with Gasteiger partial charge in [-0.3, -0.25) is 53.2 Å². The average molecular weight is 1030 g/mol. The fourth-order valence-corrected chi connectivity index (χ4v) is 10.5. The molecule has 6 heterocycles. The molecule has 6 aliphatic rings. The lowest BCUT2D eigenvalue weighted by Gasteiger charge is -2.42. The highest BCUT2D eigenvalue weighted by atomic mass is 16.7. The molecule has 0 radical (unpaired) electrons. The van der Waals surface area contributed by atoms with E-state index in [4.69, 9.17) is 9.68 Å². The van der Waals surface area contributed by atoms with Crippen molar-refractivity contribution in [2.75, 3.05) is 91.6 Å². The zero-order valence-electron chi connectivity index (χ0n) is 45.2. The Morgan fingerprint density at radius 3 is 1.33 bits per heavy atom. The summed E-state index contributed by atoms with van der Waals surface area (Å²) in [6, 6.07) is 1.90. The maximum atomic E-state index is 12.9. The van der Waals surface area contributed by atoms with Gasteiger partial charge in [-0.15, -0.1) is 10.1 Å². The molecule has 6 fully saturated rings. The second-order valence-corrected chi connectivity index (χ2v) is 22.3. The van der Waals surface area contributed by atoms with Crippen LogP contribution in [-0.4, -0.2) is 209 Å². The van der Waals surface area contributed by atoms with Gasteiger partial charge in [0.25, 0.3) is 17.7 Å². The van der Waals surface area contributed by atoms with Crippen molar-refractivity contribution in [1.82, 2.24) is 50.2 Å². The molecule has 21 nitrogen and oxygen atoms in total. The molecular formula is C52H86N10O11. The number of amides is 7. The van der Waals surface area contributed by atoms with Crippen molar-refractivity contribution in [3.05, 3.63) is 12.3 Å². The second-order valence-electron chi connectivity index (χ2n) is 22.3. The summed E-state index contributed by atoms with van der Waals surface area (Å²) in [5.41, 5.74) is -0.560. The van der Waals surface area contributed by atoms with Crippen LogP contribution in [0.2, 0.25) is 0 Å². The largest absolute Gasteiger partial charge is 0.355 e. The van der Waals surface area contributed by atoms with Gasteiger partial charge in [-0.1, -0.05) is 19.4 Å². The molecule has 2 N–H and O–H groups in total. The van der Waals surface area contributed by atoms with E-state index in [1.807, 2.05) is 37.5 Å². The quantitative estimate of drug-likeness (QED) is 0.178. The van der Waals surface area contributed by atoms with E-state index in [2.05, 4.69) is 59.6 Å². The first-order chi connectivity index (χ1) is 34.4. The summed E-state index contributed by atoms with van der Waals surface area (Å²) < 4.78 is 0. The molecule has 0 spiro atoms. The molecule has 21 heteroatoms. The van der Waals surface area contributed by atoms with Crippen LogP contribution < -0.4 is 10.6 Å². The zero-order chi connectivity index (χ0) is 53.6. The minimum atomic E-state index is -0.669. The third kappa shape index (κ3) is 17.3. The molecule has 0 aliphatic carbocycles. The number of nitrogens with one attached hydrogen (secondary N) is 2. The summed E-state index contributed by atoms with van der Waals surface area (Å²) in [5, 5.41) is 7.48. The Kier molecular flexibility index (Phi) is 21.8. The third-order valence-electron chi connectivity index (χ3n) is 15.4. The third-order valence-corrected chi connectivity index (χ3v) is 15.4. The van der Waals surface area contributed by atoms with Gasteiger partial charge in [0, 0.05) is 141 Å².